The lowest BCUT2D eigenvalue weighted by molar-refractivity contribution is -0.0498. The molecule has 22 heavy (non-hydrogen) atoms. The number of hydrogen-bond acceptors (Lipinski definition) is 3. The molecule has 2 rings (SSSR count). The van der Waals surface area contributed by atoms with Crippen molar-refractivity contribution in [2.75, 3.05) is 19.6 Å². The molecule has 4 nitrogen and oxygen atoms in total. The van der Waals surface area contributed by atoms with Crippen LogP contribution in [0, 0.1) is 0 Å². The molecule has 1 aliphatic heterocycles. The van der Waals surface area contributed by atoms with Gasteiger partial charge in [0, 0.05) is 24.7 Å². The summed E-state index contributed by atoms with van der Waals surface area (Å²) in [5.41, 5.74) is 0.497. The molecule has 0 saturated carbocycles. The molecule has 1 fully saturated rings. The smallest absolute Gasteiger partial charge is 0.387 e. The quantitative estimate of drug-likeness (QED) is 0.869. The molecule has 0 aliphatic carbocycles. The van der Waals surface area contributed by atoms with Crippen molar-refractivity contribution in [1.29, 1.82) is 0 Å². The molecule has 1 amide bonds. The monoisotopic (exact) mass is 334 g/mol. The minimum Gasteiger partial charge on any atom is -0.435 e. The Hall–Kier alpha value is -1.40. The molecular weight excluding hydrogens is 314 g/mol. The van der Waals surface area contributed by atoms with Gasteiger partial charge in [-0.3, -0.25) is 4.79 Å². The van der Waals surface area contributed by atoms with E-state index in [1.165, 1.54) is 24.3 Å². The normalized spacial score (nSPS) is 17.2. The van der Waals surface area contributed by atoms with Crippen molar-refractivity contribution < 1.29 is 18.3 Å². The highest BCUT2D eigenvalue weighted by molar-refractivity contribution is 5.94. The lowest BCUT2D eigenvalue weighted by Crippen LogP contribution is -2.42. The van der Waals surface area contributed by atoms with Gasteiger partial charge in [-0.2, -0.15) is 8.78 Å². The molecule has 0 bridgehead atoms. The summed E-state index contributed by atoms with van der Waals surface area (Å²) >= 11 is 0. The third-order valence-electron chi connectivity index (χ3n) is 3.53. The Balaban J connectivity index is 0.00000242. The first-order valence-electron chi connectivity index (χ1n) is 7.18. The Morgan fingerprint density at radius 3 is 2.59 bits per heavy atom. The van der Waals surface area contributed by atoms with E-state index in [1.54, 1.807) is 0 Å². The van der Waals surface area contributed by atoms with Crippen LogP contribution in [0.3, 0.4) is 0 Å². The Morgan fingerprint density at radius 1 is 1.41 bits per heavy atom. The van der Waals surface area contributed by atoms with E-state index in [0.29, 0.717) is 12.1 Å². The van der Waals surface area contributed by atoms with E-state index in [0.717, 1.165) is 25.9 Å². The SMILES string of the molecule is CCCN(C(=O)c1ccc(OC(F)F)cc1)C1CCNC1.Cl. The van der Waals surface area contributed by atoms with Gasteiger partial charge in [0.25, 0.3) is 5.91 Å². The van der Waals surface area contributed by atoms with E-state index in [2.05, 4.69) is 10.1 Å². The molecule has 7 heteroatoms. The van der Waals surface area contributed by atoms with Gasteiger partial charge in [0.1, 0.15) is 5.75 Å². The summed E-state index contributed by atoms with van der Waals surface area (Å²) in [6.45, 7) is 1.59. The molecule has 1 saturated heterocycles. The molecule has 1 heterocycles. The van der Waals surface area contributed by atoms with Crippen molar-refractivity contribution in [2.24, 2.45) is 0 Å². The zero-order chi connectivity index (χ0) is 15.2. The fourth-order valence-electron chi connectivity index (χ4n) is 2.54. The van der Waals surface area contributed by atoms with Crippen LogP contribution in [0.25, 0.3) is 0 Å². The van der Waals surface area contributed by atoms with E-state index < -0.39 is 6.61 Å². The Kier molecular flexibility index (Phi) is 7.55. The zero-order valence-corrected chi connectivity index (χ0v) is 13.2. The number of benzene rings is 1. The Labute approximate surface area is 135 Å². The molecule has 0 spiro atoms. The van der Waals surface area contributed by atoms with Crippen molar-refractivity contribution in [3.63, 3.8) is 0 Å². The number of nitrogens with one attached hydrogen (secondary N) is 1. The van der Waals surface area contributed by atoms with Crippen LogP contribution < -0.4 is 10.1 Å². The molecule has 1 N–H and O–H groups in total. The van der Waals surface area contributed by atoms with Crippen LogP contribution in [0.5, 0.6) is 5.75 Å². The van der Waals surface area contributed by atoms with Crippen molar-refractivity contribution in [3.05, 3.63) is 29.8 Å². The topological polar surface area (TPSA) is 41.6 Å². The molecular formula is C15H21ClF2N2O2. The maximum atomic E-state index is 12.6. The summed E-state index contributed by atoms with van der Waals surface area (Å²) in [7, 11) is 0. The number of rotatable bonds is 6. The highest BCUT2D eigenvalue weighted by atomic mass is 35.5. The predicted molar refractivity (Wildman–Crippen MR) is 82.9 cm³/mol. The standard InChI is InChI=1S/C15H20F2N2O2.ClH/c1-2-9-19(12-7-8-18-10-12)14(20)11-3-5-13(6-4-11)21-15(16)17;/h3-6,12,15,18H,2,7-10H2,1H3;1H. The van der Waals surface area contributed by atoms with Crippen molar-refractivity contribution in [2.45, 2.75) is 32.4 Å². The highest BCUT2D eigenvalue weighted by Gasteiger charge is 2.26. The molecule has 1 aromatic rings. The average molecular weight is 335 g/mol. The Bertz CT molecular complexity index is 465. The van der Waals surface area contributed by atoms with Crippen LogP contribution in [0.15, 0.2) is 24.3 Å². The van der Waals surface area contributed by atoms with Crippen LogP contribution in [0.4, 0.5) is 8.78 Å². The minimum atomic E-state index is -2.85. The first kappa shape index (κ1) is 18.6. The summed E-state index contributed by atoms with van der Waals surface area (Å²) in [5, 5.41) is 3.25. The van der Waals surface area contributed by atoms with Crippen LogP contribution in [0.2, 0.25) is 0 Å². The van der Waals surface area contributed by atoms with Gasteiger partial charge >= 0.3 is 6.61 Å². The second-order valence-corrected chi connectivity index (χ2v) is 5.05. The third-order valence-corrected chi connectivity index (χ3v) is 3.53. The summed E-state index contributed by atoms with van der Waals surface area (Å²) < 4.78 is 28.5. The number of hydrogen-bond donors (Lipinski definition) is 1. The van der Waals surface area contributed by atoms with Gasteiger partial charge in [0.15, 0.2) is 0 Å². The van der Waals surface area contributed by atoms with E-state index in [9.17, 15) is 13.6 Å². The number of alkyl halides is 2. The van der Waals surface area contributed by atoms with Crippen LogP contribution in [-0.2, 0) is 0 Å². The maximum Gasteiger partial charge on any atom is 0.387 e. The maximum absolute atomic E-state index is 12.6. The molecule has 0 aromatic heterocycles. The number of ether oxygens (including phenoxy) is 1. The molecule has 1 atom stereocenters. The summed E-state index contributed by atoms with van der Waals surface area (Å²) in [4.78, 5) is 14.4. The van der Waals surface area contributed by atoms with Crippen molar-refractivity contribution in [3.8, 4) is 5.75 Å². The van der Waals surface area contributed by atoms with Gasteiger partial charge in [-0.15, -0.1) is 12.4 Å². The van der Waals surface area contributed by atoms with Gasteiger partial charge in [-0.25, -0.2) is 0 Å². The van der Waals surface area contributed by atoms with Crippen molar-refractivity contribution >= 4 is 18.3 Å². The van der Waals surface area contributed by atoms with Crippen LogP contribution >= 0.6 is 12.4 Å². The van der Waals surface area contributed by atoms with Gasteiger partial charge in [0.05, 0.1) is 0 Å². The second kappa shape index (κ2) is 8.90. The minimum absolute atomic E-state index is 0. The van der Waals surface area contributed by atoms with Gasteiger partial charge in [-0.05, 0) is 43.7 Å². The zero-order valence-electron chi connectivity index (χ0n) is 12.4. The van der Waals surface area contributed by atoms with E-state index in [4.69, 9.17) is 0 Å². The second-order valence-electron chi connectivity index (χ2n) is 5.05. The first-order valence-corrected chi connectivity index (χ1v) is 7.18. The van der Waals surface area contributed by atoms with E-state index in [1.807, 2.05) is 11.8 Å². The van der Waals surface area contributed by atoms with E-state index in [-0.39, 0.29) is 30.1 Å². The summed E-state index contributed by atoms with van der Waals surface area (Å²) in [5.74, 6) is 0.000251. The van der Waals surface area contributed by atoms with Gasteiger partial charge in [-0.1, -0.05) is 6.92 Å². The number of nitrogens with zero attached hydrogens (tertiary/aromatic N) is 1. The molecule has 124 valence electrons. The predicted octanol–water partition coefficient (Wildman–Crippen LogP) is 2.92. The third kappa shape index (κ3) is 4.81. The number of halogens is 3. The average Bonchev–Trinajstić information content (AvgIpc) is 2.98. The molecule has 1 aromatic carbocycles. The van der Waals surface area contributed by atoms with Crippen molar-refractivity contribution in [1.82, 2.24) is 10.2 Å². The van der Waals surface area contributed by atoms with Gasteiger partial charge < -0.3 is 15.0 Å². The van der Waals surface area contributed by atoms with Crippen LogP contribution in [0.1, 0.15) is 30.1 Å². The molecule has 1 unspecified atom stereocenters. The van der Waals surface area contributed by atoms with Crippen LogP contribution in [-0.4, -0.2) is 43.1 Å². The number of amides is 1. The lowest BCUT2D eigenvalue weighted by atomic mass is 10.1. The highest BCUT2D eigenvalue weighted by Crippen LogP contribution is 2.18. The summed E-state index contributed by atoms with van der Waals surface area (Å²) in [6.07, 6.45) is 1.83. The first-order chi connectivity index (χ1) is 10.1. The number of carbonyl (C=O) groups is 1. The fourth-order valence-corrected chi connectivity index (χ4v) is 2.54. The van der Waals surface area contributed by atoms with Gasteiger partial charge in [0.2, 0.25) is 0 Å². The fraction of sp³-hybridized carbons (Fsp3) is 0.533. The molecule has 1 aliphatic rings. The summed E-state index contributed by atoms with van der Waals surface area (Å²) in [6, 6.07) is 6.07. The van der Waals surface area contributed by atoms with E-state index >= 15 is 0 Å². The lowest BCUT2D eigenvalue weighted by Gasteiger charge is -2.28. The number of carbonyl (C=O) groups excluding carboxylic acids is 1. The largest absolute Gasteiger partial charge is 0.435 e. The molecule has 0 radical (unpaired) electrons. The Morgan fingerprint density at radius 2 is 2.09 bits per heavy atom.